The summed E-state index contributed by atoms with van der Waals surface area (Å²) in [6.45, 7) is -0.189. The van der Waals surface area contributed by atoms with E-state index in [1.807, 2.05) is 0 Å². The minimum atomic E-state index is -0.606. The van der Waals surface area contributed by atoms with Crippen molar-refractivity contribution in [1.82, 2.24) is 9.38 Å². The standard InChI is InChI=1S/C7H7N5O3S/c8-4(13)3-9-5-6(12(14)15)11-1-2-16-7(11)10-5/h1-2,9H,3H2,(H2,8,13). The normalized spacial score (nSPS) is 10.5. The number of hydrogen-bond donors (Lipinski definition) is 2. The zero-order chi connectivity index (χ0) is 11.7. The second kappa shape index (κ2) is 3.77. The van der Waals surface area contributed by atoms with Crippen molar-refractivity contribution in [3.05, 3.63) is 21.7 Å². The van der Waals surface area contributed by atoms with Gasteiger partial charge in [0.15, 0.2) is 0 Å². The number of fused-ring (bicyclic) bond motifs is 1. The number of nitrogens with one attached hydrogen (secondary N) is 1. The molecule has 2 aromatic rings. The summed E-state index contributed by atoms with van der Waals surface area (Å²) in [5.74, 6) is -0.751. The lowest BCUT2D eigenvalue weighted by atomic mass is 10.5. The SMILES string of the molecule is NC(=O)CNc1nc2sccn2c1[N+](=O)[O-]. The van der Waals surface area contributed by atoms with Gasteiger partial charge in [-0.05, 0) is 4.92 Å². The summed E-state index contributed by atoms with van der Waals surface area (Å²) in [5, 5.41) is 15.0. The number of nitro groups is 1. The molecular weight excluding hydrogens is 234 g/mol. The van der Waals surface area contributed by atoms with Crippen molar-refractivity contribution in [1.29, 1.82) is 0 Å². The van der Waals surface area contributed by atoms with E-state index >= 15 is 0 Å². The largest absolute Gasteiger partial charge is 0.372 e. The maximum absolute atomic E-state index is 10.8. The number of hydrogen-bond acceptors (Lipinski definition) is 6. The number of imidazole rings is 1. The summed E-state index contributed by atoms with van der Waals surface area (Å²) in [6, 6.07) is 0. The molecule has 0 spiro atoms. The molecule has 0 atom stereocenters. The molecule has 0 aliphatic carbocycles. The summed E-state index contributed by atoms with van der Waals surface area (Å²) in [6.07, 6.45) is 1.54. The molecule has 1 amide bonds. The van der Waals surface area contributed by atoms with Crippen molar-refractivity contribution in [2.45, 2.75) is 0 Å². The van der Waals surface area contributed by atoms with Gasteiger partial charge in [0.05, 0.1) is 6.54 Å². The molecule has 0 aliphatic heterocycles. The molecule has 2 heterocycles. The molecule has 84 valence electrons. The lowest BCUT2D eigenvalue weighted by molar-refractivity contribution is -0.389. The van der Waals surface area contributed by atoms with Crippen LogP contribution < -0.4 is 11.1 Å². The maximum atomic E-state index is 10.8. The molecule has 8 nitrogen and oxygen atoms in total. The number of nitrogens with two attached hydrogens (primary N) is 1. The molecule has 0 fully saturated rings. The Hall–Kier alpha value is -2.16. The Kier molecular flexibility index (Phi) is 2.44. The first-order valence-corrected chi connectivity index (χ1v) is 5.09. The molecule has 0 radical (unpaired) electrons. The first-order valence-electron chi connectivity index (χ1n) is 4.21. The third-order valence-corrected chi connectivity index (χ3v) is 2.60. The fourth-order valence-electron chi connectivity index (χ4n) is 1.24. The molecule has 9 heteroatoms. The molecular formula is C7H7N5O3S. The number of nitrogens with zero attached hydrogens (tertiary/aromatic N) is 3. The molecule has 3 N–H and O–H groups in total. The number of carbonyl (C=O) groups is 1. The highest BCUT2D eigenvalue weighted by Crippen LogP contribution is 2.27. The van der Waals surface area contributed by atoms with E-state index in [-0.39, 0.29) is 18.2 Å². The Morgan fingerprint density at radius 1 is 1.75 bits per heavy atom. The van der Waals surface area contributed by atoms with Crippen LogP contribution >= 0.6 is 11.3 Å². The number of primary amides is 1. The molecule has 2 aromatic heterocycles. The summed E-state index contributed by atoms with van der Waals surface area (Å²) < 4.78 is 1.34. The molecule has 0 unspecified atom stereocenters. The molecule has 0 aromatic carbocycles. The zero-order valence-corrected chi connectivity index (χ0v) is 8.73. The van der Waals surface area contributed by atoms with Crippen LogP contribution in [0.5, 0.6) is 0 Å². The van der Waals surface area contributed by atoms with Crippen molar-refractivity contribution in [3.63, 3.8) is 0 Å². The van der Waals surface area contributed by atoms with Gasteiger partial charge in [-0.25, -0.2) is 0 Å². The Labute approximate surface area is 92.8 Å². The van der Waals surface area contributed by atoms with Crippen molar-refractivity contribution in [3.8, 4) is 0 Å². The van der Waals surface area contributed by atoms with Crippen molar-refractivity contribution < 1.29 is 9.72 Å². The second-order valence-electron chi connectivity index (χ2n) is 2.92. The van der Waals surface area contributed by atoms with Gasteiger partial charge in [0.1, 0.15) is 6.20 Å². The van der Waals surface area contributed by atoms with Gasteiger partial charge in [0, 0.05) is 5.38 Å². The second-order valence-corrected chi connectivity index (χ2v) is 3.79. The Balaban J connectivity index is 2.43. The van der Waals surface area contributed by atoms with Gasteiger partial charge < -0.3 is 21.2 Å². The molecule has 0 saturated carbocycles. The number of rotatable bonds is 4. The van der Waals surface area contributed by atoms with Gasteiger partial charge in [-0.15, -0.1) is 0 Å². The highest BCUT2D eigenvalue weighted by atomic mass is 32.1. The van der Waals surface area contributed by atoms with Crippen molar-refractivity contribution >= 4 is 33.8 Å². The lowest BCUT2D eigenvalue weighted by Gasteiger charge is -1.99. The van der Waals surface area contributed by atoms with Gasteiger partial charge >= 0.3 is 5.82 Å². The van der Waals surface area contributed by atoms with E-state index in [0.29, 0.717) is 4.96 Å². The fraction of sp³-hybridized carbons (Fsp3) is 0.143. The predicted molar refractivity (Wildman–Crippen MR) is 57.4 cm³/mol. The van der Waals surface area contributed by atoms with Crippen molar-refractivity contribution in [2.75, 3.05) is 11.9 Å². The van der Waals surface area contributed by atoms with Gasteiger partial charge in [-0.1, -0.05) is 11.3 Å². The minimum Gasteiger partial charge on any atom is -0.368 e. The Morgan fingerprint density at radius 3 is 3.12 bits per heavy atom. The Morgan fingerprint density at radius 2 is 2.50 bits per heavy atom. The topological polar surface area (TPSA) is 116 Å². The molecule has 0 aliphatic rings. The smallest absolute Gasteiger partial charge is 0.368 e. The maximum Gasteiger partial charge on any atom is 0.372 e. The van der Waals surface area contributed by atoms with Crippen LogP contribution in [0.1, 0.15) is 0 Å². The highest BCUT2D eigenvalue weighted by Gasteiger charge is 2.23. The van der Waals surface area contributed by atoms with Gasteiger partial charge in [-0.2, -0.15) is 9.38 Å². The average Bonchev–Trinajstić information content (AvgIpc) is 2.71. The van der Waals surface area contributed by atoms with Crippen LogP contribution in [-0.4, -0.2) is 26.8 Å². The first-order chi connectivity index (χ1) is 7.59. The van der Waals surface area contributed by atoms with Crippen LogP contribution in [0, 0.1) is 10.1 Å². The first kappa shape index (κ1) is 10.4. The monoisotopic (exact) mass is 241 g/mol. The predicted octanol–water partition coefficient (Wildman–Crippen LogP) is 0.201. The van der Waals surface area contributed by atoms with Crippen LogP contribution in [0.15, 0.2) is 11.6 Å². The van der Waals surface area contributed by atoms with Gasteiger partial charge in [0.2, 0.25) is 11.7 Å². The number of amides is 1. The van der Waals surface area contributed by atoms with E-state index in [1.165, 1.54) is 15.7 Å². The van der Waals surface area contributed by atoms with Crippen molar-refractivity contribution in [2.24, 2.45) is 5.73 Å². The van der Waals surface area contributed by atoms with Crippen LogP contribution in [0.2, 0.25) is 0 Å². The van der Waals surface area contributed by atoms with E-state index < -0.39 is 10.8 Å². The van der Waals surface area contributed by atoms with Crippen LogP contribution in [0.4, 0.5) is 11.6 Å². The zero-order valence-electron chi connectivity index (χ0n) is 7.91. The van der Waals surface area contributed by atoms with Gasteiger partial charge in [-0.3, -0.25) is 4.79 Å². The summed E-state index contributed by atoms with van der Waals surface area (Å²) in [7, 11) is 0. The highest BCUT2D eigenvalue weighted by molar-refractivity contribution is 7.15. The molecule has 0 bridgehead atoms. The van der Waals surface area contributed by atoms with E-state index in [2.05, 4.69) is 10.3 Å². The van der Waals surface area contributed by atoms with Gasteiger partial charge in [0.25, 0.3) is 4.96 Å². The summed E-state index contributed by atoms with van der Waals surface area (Å²) in [4.78, 5) is 25.3. The van der Waals surface area contributed by atoms with Crippen LogP contribution in [0.25, 0.3) is 4.96 Å². The van der Waals surface area contributed by atoms with E-state index in [0.717, 1.165) is 0 Å². The molecule has 16 heavy (non-hydrogen) atoms. The number of anilines is 1. The fourth-order valence-corrected chi connectivity index (χ4v) is 1.95. The lowest BCUT2D eigenvalue weighted by Crippen LogP contribution is -2.22. The third kappa shape index (κ3) is 1.67. The third-order valence-electron chi connectivity index (χ3n) is 1.84. The number of aromatic nitrogens is 2. The Bertz CT molecular complexity index is 559. The number of thiazole rings is 1. The minimum absolute atomic E-state index is 0.0515. The van der Waals surface area contributed by atoms with E-state index in [4.69, 9.17) is 5.73 Å². The van der Waals surface area contributed by atoms with Crippen LogP contribution in [0.3, 0.4) is 0 Å². The molecule has 2 rings (SSSR count). The van der Waals surface area contributed by atoms with E-state index in [9.17, 15) is 14.9 Å². The summed E-state index contributed by atoms with van der Waals surface area (Å²) in [5.41, 5.74) is 4.93. The van der Waals surface area contributed by atoms with Crippen LogP contribution in [-0.2, 0) is 4.79 Å². The summed E-state index contributed by atoms with van der Waals surface area (Å²) >= 11 is 1.27. The molecule has 0 saturated heterocycles. The number of carbonyl (C=O) groups excluding carboxylic acids is 1. The quantitative estimate of drug-likeness (QED) is 0.586. The average molecular weight is 241 g/mol. The van der Waals surface area contributed by atoms with E-state index in [1.54, 1.807) is 11.6 Å².